The van der Waals surface area contributed by atoms with Crippen LogP contribution in [0.3, 0.4) is 0 Å². The van der Waals surface area contributed by atoms with Crippen LogP contribution in [-0.4, -0.2) is 21.8 Å². The third kappa shape index (κ3) is 4.26. The van der Waals surface area contributed by atoms with Crippen LogP contribution >= 0.6 is 11.6 Å². The number of rotatable bonds is 4. The lowest BCUT2D eigenvalue weighted by Crippen LogP contribution is -2.19. The molecular formula is C22H14ClFN4O2. The predicted molar refractivity (Wildman–Crippen MR) is 113 cm³/mol. The number of carbonyl (C=O) groups is 2. The Hall–Kier alpha value is -3.84. The average Bonchev–Trinajstić information content (AvgIpc) is 2.73. The highest BCUT2D eigenvalue weighted by Crippen LogP contribution is 2.21. The second-order valence-corrected chi connectivity index (χ2v) is 6.81. The van der Waals surface area contributed by atoms with Gasteiger partial charge in [-0.2, -0.15) is 0 Å². The number of hydrogen-bond acceptors (Lipinski definition) is 4. The summed E-state index contributed by atoms with van der Waals surface area (Å²) in [6.07, 6.45) is 3.07. The number of ketones is 1. The number of aromatic nitrogens is 2. The van der Waals surface area contributed by atoms with Crippen molar-refractivity contribution < 1.29 is 14.0 Å². The molecule has 4 rings (SSSR count). The fourth-order valence-corrected chi connectivity index (χ4v) is 3.09. The first-order valence-electron chi connectivity index (χ1n) is 8.88. The maximum Gasteiger partial charge on any atom is 0.323 e. The highest BCUT2D eigenvalue weighted by Gasteiger charge is 2.16. The molecule has 0 radical (unpaired) electrons. The van der Waals surface area contributed by atoms with Gasteiger partial charge in [-0.3, -0.25) is 14.8 Å². The number of fused-ring (bicyclic) bond motifs is 1. The summed E-state index contributed by atoms with van der Waals surface area (Å²) in [6, 6.07) is 14.7. The molecule has 0 saturated heterocycles. The molecule has 0 bridgehead atoms. The summed E-state index contributed by atoms with van der Waals surface area (Å²) < 4.78 is 14.6. The number of benzene rings is 3. The zero-order valence-electron chi connectivity index (χ0n) is 15.4. The van der Waals surface area contributed by atoms with Gasteiger partial charge in [0.15, 0.2) is 5.78 Å². The lowest BCUT2D eigenvalue weighted by molar-refractivity contribution is 0.103. The molecule has 1 aromatic heterocycles. The first kappa shape index (κ1) is 19.5. The van der Waals surface area contributed by atoms with Crippen LogP contribution in [0.4, 0.5) is 20.6 Å². The Balaban J connectivity index is 1.50. The highest BCUT2D eigenvalue weighted by atomic mass is 35.5. The van der Waals surface area contributed by atoms with Crippen molar-refractivity contribution >= 4 is 45.8 Å². The predicted octanol–water partition coefficient (Wildman–Crippen LogP) is 5.30. The molecule has 30 heavy (non-hydrogen) atoms. The fraction of sp³-hybridized carbons (Fsp3) is 0. The number of urea groups is 1. The Bertz CT molecular complexity index is 1280. The molecule has 2 N–H and O–H groups in total. The van der Waals surface area contributed by atoms with E-state index in [1.165, 1.54) is 18.3 Å². The molecule has 0 atom stereocenters. The van der Waals surface area contributed by atoms with Gasteiger partial charge in [0, 0.05) is 34.4 Å². The topological polar surface area (TPSA) is 84.0 Å². The minimum atomic E-state index is -0.750. The number of carbonyl (C=O) groups excluding carboxylic acids is 2. The van der Waals surface area contributed by atoms with Crippen molar-refractivity contribution in [2.45, 2.75) is 0 Å². The van der Waals surface area contributed by atoms with Crippen LogP contribution in [0.25, 0.3) is 11.0 Å². The lowest BCUT2D eigenvalue weighted by atomic mass is 10.0. The number of nitrogens with zero attached hydrogens (tertiary/aromatic N) is 2. The van der Waals surface area contributed by atoms with Gasteiger partial charge >= 0.3 is 6.03 Å². The number of hydrogen-bond donors (Lipinski definition) is 2. The molecular weight excluding hydrogens is 407 g/mol. The van der Waals surface area contributed by atoms with Crippen molar-refractivity contribution in [1.29, 1.82) is 0 Å². The van der Waals surface area contributed by atoms with E-state index < -0.39 is 17.6 Å². The Kier molecular flexibility index (Phi) is 5.36. The molecule has 0 spiro atoms. The molecule has 148 valence electrons. The van der Waals surface area contributed by atoms with Crippen LogP contribution in [0.5, 0.6) is 0 Å². The largest absolute Gasteiger partial charge is 0.323 e. The third-order valence-corrected chi connectivity index (χ3v) is 4.52. The molecule has 2 amide bonds. The van der Waals surface area contributed by atoms with E-state index >= 15 is 0 Å². The molecule has 0 unspecified atom stereocenters. The summed E-state index contributed by atoms with van der Waals surface area (Å²) in [5, 5.41) is 5.59. The summed E-state index contributed by atoms with van der Waals surface area (Å²) in [6.45, 7) is 0. The zero-order chi connectivity index (χ0) is 21.1. The molecule has 3 aromatic carbocycles. The normalized spacial score (nSPS) is 10.6. The van der Waals surface area contributed by atoms with E-state index in [1.807, 2.05) is 0 Å². The number of halogens is 2. The van der Waals surface area contributed by atoms with Gasteiger partial charge in [-0.15, -0.1) is 0 Å². The van der Waals surface area contributed by atoms with Crippen molar-refractivity contribution in [2.24, 2.45) is 0 Å². The molecule has 4 aromatic rings. The first-order valence-corrected chi connectivity index (χ1v) is 9.26. The maximum atomic E-state index is 14.6. The molecule has 6 nitrogen and oxygen atoms in total. The van der Waals surface area contributed by atoms with Gasteiger partial charge in [-0.1, -0.05) is 17.7 Å². The lowest BCUT2D eigenvalue weighted by Gasteiger charge is -2.09. The van der Waals surface area contributed by atoms with Crippen LogP contribution in [0, 0.1) is 5.82 Å². The van der Waals surface area contributed by atoms with Crippen LogP contribution in [-0.2, 0) is 0 Å². The Morgan fingerprint density at radius 2 is 1.57 bits per heavy atom. The molecule has 0 aliphatic carbocycles. The molecule has 0 fully saturated rings. The summed E-state index contributed by atoms with van der Waals surface area (Å²) in [5.74, 6) is -1.24. The first-order chi connectivity index (χ1) is 14.5. The van der Waals surface area contributed by atoms with Gasteiger partial charge in [-0.05, 0) is 54.6 Å². The Morgan fingerprint density at radius 3 is 2.30 bits per heavy atom. The van der Waals surface area contributed by atoms with Crippen LogP contribution < -0.4 is 10.6 Å². The number of amides is 2. The van der Waals surface area contributed by atoms with E-state index in [-0.39, 0.29) is 11.3 Å². The van der Waals surface area contributed by atoms with Gasteiger partial charge < -0.3 is 10.6 Å². The molecule has 0 saturated carbocycles. The minimum absolute atomic E-state index is 0.112. The van der Waals surface area contributed by atoms with Gasteiger partial charge in [0.1, 0.15) is 5.82 Å². The Labute approximate surface area is 175 Å². The van der Waals surface area contributed by atoms with Gasteiger partial charge in [0.05, 0.1) is 16.6 Å². The van der Waals surface area contributed by atoms with Crippen molar-refractivity contribution in [3.8, 4) is 0 Å². The van der Waals surface area contributed by atoms with E-state index in [2.05, 4.69) is 20.6 Å². The van der Waals surface area contributed by atoms with Crippen LogP contribution in [0.1, 0.15) is 15.9 Å². The van der Waals surface area contributed by atoms with E-state index in [9.17, 15) is 14.0 Å². The summed E-state index contributed by atoms with van der Waals surface area (Å²) >= 11 is 5.88. The summed E-state index contributed by atoms with van der Waals surface area (Å²) in [5.41, 5.74) is 2.06. The Morgan fingerprint density at radius 1 is 0.833 bits per heavy atom. The van der Waals surface area contributed by atoms with E-state index in [0.717, 1.165) is 6.07 Å². The second kappa shape index (κ2) is 8.26. The number of nitrogens with one attached hydrogen (secondary N) is 2. The van der Waals surface area contributed by atoms with E-state index in [0.29, 0.717) is 27.3 Å². The third-order valence-electron chi connectivity index (χ3n) is 4.29. The van der Waals surface area contributed by atoms with Gasteiger partial charge in [-0.25, -0.2) is 9.18 Å². The van der Waals surface area contributed by atoms with E-state index in [1.54, 1.807) is 48.7 Å². The SMILES string of the molecule is O=C(Nc1cccc(Cl)c1)Nc1ccc(C(=O)c2ccc3nccnc3c2)c(F)c1. The molecule has 0 aliphatic heterocycles. The van der Waals surface area contributed by atoms with E-state index in [4.69, 9.17) is 11.6 Å². The molecule has 1 heterocycles. The monoisotopic (exact) mass is 420 g/mol. The number of anilines is 2. The molecule has 0 aliphatic rings. The van der Waals surface area contributed by atoms with Crippen molar-refractivity contribution in [3.05, 3.63) is 95.0 Å². The maximum absolute atomic E-state index is 14.6. The minimum Gasteiger partial charge on any atom is -0.308 e. The van der Waals surface area contributed by atoms with Crippen molar-refractivity contribution in [1.82, 2.24) is 9.97 Å². The fourth-order valence-electron chi connectivity index (χ4n) is 2.90. The van der Waals surface area contributed by atoms with Gasteiger partial charge in [0.25, 0.3) is 0 Å². The average molecular weight is 421 g/mol. The summed E-state index contributed by atoms with van der Waals surface area (Å²) in [7, 11) is 0. The van der Waals surface area contributed by atoms with Gasteiger partial charge in [0.2, 0.25) is 0 Å². The smallest absolute Gasteiger partial charge is 0.308 e. The van der Waals surface area contributed by atoms with Crippen molar-refractivity contribution in [3.63, 3.8) is 0 Å². The standard InChI is InChI=1S/C22H14ClFN4O2/c23-14-2-1-3-15(11-14)27-22(30)28-16-5-6-17(18(24)12-16)21(29)13-4-7-19-20(10-13)26-9-8-25-19/h1-12H,(H2,27,28,30). The summed E-state index contributed by atoms with van der Waals surface area (Å²) in [4.78, 5) is 33.1. The van der Waals surface area contributed by atoms with Crippen LogP contribution in [0.15, 0.2) is 73.1 Å². The molecule has 8 heteroatoms. The second-order valence-electron chi connectivity index (χ2n) is 6.37. The highest BCUT2D eigenvalue weighted by molar-refractivity contribution is 6.30. The quantitative estimate of drug-likeness (QED) is 0.439. The van der Waals surface area contributed by atoms with Crippen LogP contribution in [0.2, 0.25) is 5.02 Å². The zero-order valence-corrected chi connectivity index (χ0v) is 16.2. The van der Waals surface area contributed by atoms with Crippen molar-refractivity contribution in [2.75, 3.05) is 10.6 Å².